The lowest BCUT2D eigenvalue weighted by Gasteiger charge is -2.09. The number of anilines is 7. The highest BCUT2D eigenvalue weighted by molar-refractivity contribution is 7.90. The van der Waals surface area contributed by atoms with Crippen molar-refractivity contribution in [2.75, 3.05) is 46.4 Å². The Labute approximate surface area is 569 Å². The van der Waals surface area contributed by atoms with Gasteiger partial charge in [-0.1, -0.05) is 12.1 Å². The molecule has 0 aliphatic carbocycles. The van der Waals surface area contributed by atoms with Crippen molar-refractivity contribution in [2.45, 2.75) is 4.90 Å². The van der Waals surface area contributed by atoms with Crippen molar-refractivity contribution >= 4 is 49.6 Å². The largest absolute Gasteiger partial charge is 0.397 e. The van der Waals surface area contributed by atoms with Gasteiger partial charge in [0.25, 0.3) is 5.56 Å². The first kappa shape index (κ1) is 71.3. The minimum Gasteiger partial charge on any atom is -0.397 e. The molecule has 0 fully saturated rings. The predicted octanol–water partition coefficient (Wildman–Crippen LogP) is 8.11. The van der Waals surface area contributed by atoms with Crippen LogP contribution in [0.3, 0.4) is 0 Å². The van der Waals surface area contributed by atoms with Crippen LogP contribution in [0.5, 0.6) is 0 Å². The van der Waals surface area contributed by atoms with Gasteiger partial charge in [0.1, 0.15) is 5.82 Å². The number of nitrogens with two attached hydrogens (primary N) is 7. The molecule has 14 N–H and O–H groups in total. The van der Waals surface area contributed by atoms with Gasteiger partial charge in [-0.25, -0.2) is 18.4 Å². The van der Waals surface area contributed by atoms with Crippen molar-refractivity contribution in [2.24, 2.45) is 35.2 Å². The van der Waals surface area contributed by atoms with Crippen LogP contribution in [-0.2, 0) is 45.1 Å². The third-order valence-corrected chi connectivity index (χ3v) is 15.6. The summed E-state index contributed by atoms with van der Waals surface area (Å²) in [6.45, 7) is 0. The lowest BCUT2D eigenvalue weighted by Crippen LogP contribution is -2.16. The SMILES string of the molecule is CS(=O)(=O)c1ccc(-c2ccncc2N)nc1.Cn1c(-c2ccncc2N)cccc1=O.Cn1cc(-c2ccncc2N)ccc1=O.Cn1ccnc1-c1ccncc1N.Cn1cncc1-c1ccncc1N.Cn1nccc1-c1ccncc1N.Nc1cnccc1-c1ccccn1. The fourth-order valence-electron chi connectivity index (χ4n) is 9.23. The number of hydrogen-bond acceptors (Lipinski definition) is 23. The van der Waals surface area contributed by atoms with Gasteiger partial charge >= 0.3 is 0 Å². The molecule has 0 atom stereocenters. The summed E-state index contributed by atoms with van der Waals surface area (Å²) in [5.41, 5.74) is 56.1. The molecule has 0 aromatic carbocycles. The molecule has 0 amide bonds. The molecule has 0 spiro atoms. The molecule has 0 radical (unpaired) electrons. The number of aryl methyl sites for hydroxylation is 4. The topological polar surface area (TPSA) is 430 Å². The molecule has 29 heteroatoms. The zero-order valence-corrected chi connectivity index (χ0v) is 55.6. The highest BCUT2D eigenvalue weighted by Gasteiger charge is 2.12. The summed E-state index contributed by atoms with van der Waals surface area (Å²) < 4.78 is 31.3. The van der Waals surface area contributed by atoms with Crippen molar-refractivity contribution in [3.63, 3.8) is 0 Å². The van der Waals surface area contributed by atoms with Crippen LogP contribution in [0.25, 0.3) is 78.8 Å². The van der Waals surface area contributed by atoms with Gasteiger partial charge in [0.2, 0.25) is 5.56 Å². The summed E-state index contributed by atoms with van der Waals surface area (Å²) in [6.07, 6.45) is 37.9. The lowest BCUT2D eigenvalue weighted by atomic mass is 10.1. The van der Waals surface area contributed by atoms with Gasteiger partial charge in [-0.15, -0.1) is 0 Å². The van der Waals surface area contributed by atoms with Crippen molar-refractivity contribution in [1.82, 2.24) is 82.9 Å². The van der Waals surface area contributed by atoms with Crippen LogP contribution in [0, 0.1) is 0 Å². The number of pyridine rings is 11. The maximum Gasteiger partial charge on any atom is 0.250 e. The molecule has 0 saturated carbocycles. The summed E-state index contributed by atoms with van der Waals surface area (Å²) in [4.78, 5) is 66.8. The molecule has 99 heavy (non-hydrogen) atoms. The van der Waals surface area contributed by atoms with E-state index in [0.717, 1.165) is 79.4 Å². The molecule has 14 rings (SSSR count). The molecule has 0 aliphatic heterocycles. The van der Waals surface area contributed by atoms with Crippen molar-refractivity contribution in [1.29, 1.82) is 0 Å². The van der Waals surface area contributed by atoms with Crippen molar-refractivity contribution < 1.29 is 8.42 Å². The van der Waals surface area contributed by atoms with Gasteiger partial charge in [0.05, 0.1) is 129 Å². The standard InChI is InChI=1S/C11H11N3O2S.2C11H11N3O.C10H9N3.3C9H10N4/c1-17(15,16)8-2-3-11(14-6-8)9-4-5-13-7-10(9)12;1-14-7-8(2-3-11(14)15)9-4-5-13-6-10(9)12;1-14-10(3-2-4-11(14)15)8-5-6-13-7-9(8)12;11-9-7-12-6-4-8(9)10-3-1-2-5-13-10;1-13-9(3-5-12-13)7-2-4-11-6-8(7)10;1-13-6-12-5-9(13)7-2-3-11-4-8(7)10;1-13-5-4-12-9(13)7-2-3-11-6-8(7)10/h2-7H,12H2,1H3;2*2-7H,12H2,1H3;1-7H,11H2;3*2-6H,10H2,1H3. The van der Waals surface area contributed by atoms with E-state index in [4.69, 9.17) is 40.1 Å². The highest BCUT2D eigenvalue weighted by Crippen LogP contribution is 2.28. The normalized spacial score (nSPS) is 10.4. The average Bonchev–Trinajstić information content (AvgIpc) is 1.65. The summed E-state index contributed by atoms with van der Waals surface area (Å²) in [7, 11) is 5.96. The second-order valence-electron chi connectivity index (χ2n) is 21.4. The molecule has 14 aromatic heterocycles. The molecular weight excluding hydrogens is 1270 g/mol. The number of aromatic nitrogens is 17. The lowest BCUT2D eigenvalue weighted by molar-refractivity contribution is 0.601. The van der Waals surface area contributed by atoms with E-state index in [2.05, 4.69) is 59.9 Å². The van der Waals surface area contributed by atoms with Gasteiger partial charge in [0.15, 0.2) is 9.84 Å². The molecule has 0 aliphatic rings. The maximum absolute atomic E-state index is 11.4. The van der Waals surface area contributed by atoms with Gasteiger partial charge in [-0.2, -0.15) is 5.10 Å². The Hall–Kier alpha value is -13.6. The third kappa shape index (κ3) is 19.3. The zero-order valence-electron chi connectivity index (χ0n) is 54.8. The van der Waals surface area contributed by atoms with Gasteiger partial charge in [-0.3, -0.25) is 59.1 Å². The zero-order chi connectivity index (χ0) is 71.0. The molecule has 14 aromatic rings. The van der Waals surface area contributed by atoms with E-state index in [1.807, 2.05) is 97.1 Å². The predicted molar refractivity (Wildman–Crippen MR) is 388 cm³/mol. The van der Waals surface area contributed by atoms with Crippen molar-refractivity contribution in [3.05, 3.63) is 266 Å². The van der Waals surface area contributed by atoms with Crippen LogP contribution >= 0.6 is 0 Å². The van der Waals surface area contributed by atoms with Crippen LogP contribution in [-0.4, -0.2) is 97.5 Å². The second kappa shape index (κ2) is 34.0. The van der Waals surface area contributed by atoms with E-state index in [1.165, 1.54) is 35.2 Å². The second-order valence-corrected chi connectivity index (χ2v) is 23.4. The fourth-order valence-corrected chi connectivity index (χ4v) is 9.79. The Morgan fingerprint density at radius 2 is 0.838 bits per heavy atom. The van der Waals surface area contributed by atoms with Crippen LogP contribution in [0.2, 0.25) is 0 Å². The Morgan fingerprint density at radius 1 is 0.354 bits per heavy atom. The summed E-state index contributed by atoms with van der Waals surface area (Å²) in [6, 6.07) is 32.0. The molecule has 28 nitrogen and oxygen atoms in total. The van der Waals surface area contributed by atoms with Gasteiger partial charge < -0.3 is 58.4 Å². The minimum atomic E-state index is -3.22. The van der Waals surface area contributed by atoms with Crippen LogP contribution in [0.1, 0.15) is 0 Å². The van der Waals surface area contributed by atoms with Crippen LogP contribution in [0.4, 0.5) is 39.8 Å². The fraction of sp³-hybridized carbons (Fsp3) is 0.0857. The number of hydrogen-bond donors (Lipinski definition) is 7. The summed E-state index contributed by atoms with van der Waals surface area (Å²) in [5.74, 6) is 0.861. The Morgan fingerprint density at radius 3 is 1.25 bits per heavy atom. The first-order valence-electron chi connectivity index (χ1n) is 29.8. The number of imidazole rings is 2. The first-order valence-corrected chi connectivity index (χ1v) is 31.7. The van der Waals surface area contributed by atoms with Crippen LogP contribution < -0.4 is 51.3 Å². The van der Waals surface area contributed by atoms with E-state index >= 15 is 0 Å². The average molecular weight is 1350 g/mol. The molecular formula is C70H72N24O4S. The summed E-state index contributed by atoms with van der Waals surface area (Å²) >= 11 is 0. The van der Waals surface area contributed by atoms with E-state index in [9.17, 15) is 18.0 Å². The first-order chi connectivity index (χ1) is 47.6. The highest BCUT2D eigenvalue weighted by atomic mass is 32.2. The Balaban J connectivity index is 0.000000147. The minimum absolute atomic E-state index is 0.0358. The van der Waals surface area contributed by atoms with E-state index in [-0.39, 0.29) is 16.0 Å². The van der Waals surface area contributed by atoms with Gasteiger partial charge in [-0.05, 0) is 84.9 Å². The monoisotopic (exact) mass is 1340 g/mol. The Bertz CT molecular complexity index is 5000. The van der Waals surface area contributed by atoms with E-state index < -0.39 is 9.84 Å². The molecule has 0 bridgehead atoms. The third-order valence-electron chi connectivity index (χ3n) is 14.5. The van der Waals surface area contributed by atoms with Crippen LogP contribution in [0.15, 0.2) is 260 Å². The number of nitrogens with zero attached hydrogens (tertiary/aromatic N) is 17. The quantitative estimate of drug-likeness (QED) is 0.0755. The maximum atomic E-state index is 11.4. The number of sulfone groups is 1. The Kier molecular flexibility index (Phi) is 24.5. The molecule has 14 heterocycles. The number of nitrogen functional groups attached to an aromatic ring is 7. The molecule has 502 valence electrons. The number of rotatable bonds is 8. The molecule has 0 unspecified atom stereocenters. The molecule has 0 saturated heterocycles. The summed E-state index contributed by atoms with van der Waals surface area (Å²) in [5, 5.41) is 4.07. The van der Waals surface area contributed by atoms with E-state index in [1.54, 1.807) is 172 Å². The smallest absolute Gasteiger partial charge is 0.250 e. The van der Waals surface area contributed by atoms with Crippen molar-refractivity contribution in [3.8, 4) is 78.8 Å². The van der Waals surface area contributed by atoms with E-state index in [0.29, 0.717) is 45.5 Å². The van der Waals surface area contributed by atoms with Gasteiger partial charge in [0, 0.05) is 179 Å².